The number of ether oxygens (including phenoxy) is 4. The van der Waals surface area contributed by atoms with E-state index in [1.165, 1.54) is 0 Å². The maximum absolute atomic E-state index is 13.6. The first-order chi connectivity index (χ1) is 21.5. The number of benzene rings is 4. The zero-order valence-electron chi connectivity index (χ0n) is 24.6. The third-order valence-corrected chi connectivity index (χ3v) is 7.32. The highest BCUT2D eigenvalue weighted by molar-refractivity contribution is 5.94. The second kappa shape index (κ2) is 15.0. The molecule has 228 valence electrons. The first-order valence-corrected chi connectivity index (χ1v) is 14.5. The molecule has 0 bridgehead atoms. The van der Waals surface area contributed by atoms with Gasteiger partial charge in [-0.05, 0) is 58.7 Å². The standard InChI is InChI=1S/C35H36N2O7/c1-41-30-11-5-7-26(21-30)23-37(18-17-32-42-19-20-43-32)34(38)28-15-13-25(14-16-28)24-44-31-12-6-10-29(22-31)33(36-35(39)40)27-8-3-2-4-9-27/h2-16,21-22,32-33,36H,17-20,23-24H2,1H3,(H,39,40)/t33-/m0/s1. The van der Waals surface area contributed by atoms with Gasteiger partial charge in [0, 0.05) is 25.1 Å². The molecule has 2 amide bonds. The Morgan fingerprint density at radius 2 is 1.57 bits per heavy atom. The zero-order valence-corrected chi connectivity index (χ0v) is 24.6. The van der Waals surface area contributed by atoms with Crippen LogP contribution in [0.3, 0.4) is 0 Å². The van der Waals surface area contributed by atoms with Crippen LogP contribution >= 0.6 is 0 Å². The second-order valence-electron chi connectivity index (χ2n) is 10.4. The molecule has 0 saturated carbocycles. The van der Waals surface area contributed by atoms with E-state index in [0.29, 0.717) is 44.0 Å². The van der Waals surface area contributed by atoms with Gasteiger partial charge in [-0.3, -0.25) is 4.79 Å². The third-order valence-electron chi connectivity index (χ3n) is 7.32. The van der Waals surface area contributed by atoms with E-state index < -0.39 is 12.1 Å². The van der Waals surface area contributed by atoms with Gasteiger partial charge in [0.1, 0.15) is 18.1 Å². The van der Waals surface area contributed by atoms with Crippen molar-refractivity contribution in [2.24, 2.45) is 0 Å². The maximum Gasteiger partial charge on any atom is 0.405 e. The van der Waals surface area contributed by atoms with E-state index in [2.05, 4.69) is 5.32 Å². The first kappa shape index (κ1) is 30.6. The number of amides is 2. The van der Waals surface area contributed by atoms with Crippen LogP contribution in [-0.4, -0.2) is 55.2 Å². The smallest absolute Gasteiger partial charge is 0.405 e. The Labute approximate surface area is 256 Å². The summed E-state index contributed by atoms with van der Waals surface area (Å²) in [4.78, 5) is 26.9. The Balaban J connectivity index is 1.25. The number of carbonyl (C=O) groups excluding carboxylic acids is 1. The Hall–Kier alpha value is -4.86. The second-order valence-corrected chi connectivity index (χ2v) is 10.4. The van der Waals surface area contributed by atoms with Crippen molar-refractivity contribution in [1.29, 1.82) is 0 Å². The molecular weight excluding hydrogens is 560 g/mol. The van der Waals surface area contributed by atoms with Crippen molar-refractivity contribution >= 4 is 12.0 Å². The fourth-order valence-corrected chi connectivity index (χ4v) is 5.08. The fourth-order valence-electron chi connectivity index (χ4n) is 5.08. The van der Waals surface area contributed by atoms with Crippen molar-refractivity contribution in [2.75, 3.05) is 26.9 Å². The lowest BCUT2D eigenvalue weighted by Gasteiger charge is -2.24. The topological polar surface area (TPSA) is 107 Å². The summed E-state index contributed by atoms with van der Waals surface area (Å²) in [6.45, 7) is 2.31. The van der Waals surface area contributed by atoms with Crippen LogP contribution in [0.2, 0.25) is 0 Å². The lowest BCUT2D eigenvalue weighted by atomic mass is 9.98. The molecule has 1 aliphatic rings. The van der Waals surface area contributed by atoms with Crippen molar-refractivity contribution in [3.63, 3.8) is 0 Å². The molecule has 1 heterocycles. The van der Waals surface area contributed by atoms with Gasteiger partial charge in [0.15, 0.2) is 6.29 Å². The van der Waals surface area contributed by atoms with Crippen LogP contribution in [0.4, 0.5) is 4.79 Å². The highest BCUT2D eigenvalue weighted by Gasteiger charge is 2.22. The molecule has 0 aliphatic carbocycles. The van der Waals surface area contributed by atoms with Crippen LogP contribution in [0, 0.1) is 0 Å². The highest BCUT2D eigenvalue weighted by Crippen LogP contribution is 2.26. The molecule has 0 radical (unpaired) electrons. The third kappa shape index (κ3) is 8.37. The number of rotatable bonds is 13. The van der Waals surface area contributed by atoms with Crippen LogP contribution in [0.1, 0.15) is 45.1 Å². The van der Waals surface area contributed by atoms with E-state index in [4.69, 9.17) is 18.9 Å². The minimum absolute atomic E-state index is 0.0936. The molecular formula is C35H36N2O7. The minimum atomic E-state index is -1.11. The van der Waals surface area contributed by atoms with Crippen LogP contribution in [0.5, 0.6) is 11.5 Å². The van der Waals surface area contributed by atoms with Gasteiger partial charge in [0.2, 0.25) is 0 Å². The van der Waals surface area contributed by atoms with Gasteiger partial charge in [-0.25, -0.2) is 4.79 Å². The van der Waals surface area contributed by atoms with E-state index in [9.17, 15) is 14.7 Å². The number of hydrogen-bond acceptors (Lipinski definition) is 6. The average molecular weight is 597 g/mol. The number of hydrogen-bond donors (Lipinski definition) is 2. The normalized spacial score (nSPS) is 13.7. The summed E-state index contributed by atoms with van der Waals surface area (Å²) >= 11 is 0. The van der Waals surface area contributed by atoms with Crippen LogP contribution in [0.25, 0.3) is 0 Å². The van der Waals surface area contributed by atoms with Gasteiger partial charge in [0.25, 0.3) is 5.91 Å². The summed E-state index contributed by atoms with van der Waals surface area (Å²) in [6.07, 6.45) is -0.841. The molecule has 2 N–H and O–H groups in total. The van der Waals surface area contributed by atoms with Gasteiger partial charge >= 0.3 is 6.09 Å². The van der Waals surface area contributed by atoms with E-state index >= 15 is 0 Å². The van der Waals surface area contributed by atoms with E-state index in [-0.39, 0.29) is 18.8 Å². The van der Waals surface area contributed by atoms with E-state index in [1.54, 1.807) is 24.1 Å². The monoisotopic (exact) mass is 596 g/mol. The van der Waals surface area contributed by atoms with Crippen LogP contribution < -0.4 is 14.8 Å². The van der Waals surface area contributed by atoms with Crippen LogP contribution in [-0.2, 0) is 22.6 Å². The predicted molar refractivity (Wildman–Crippen MR) is 165 cm³/mol. The molecule has 1 saturated heterocycles. The summed E-state index contributed by atoms with van der Waals surface area (Å²) in [5, 5.41) is 12.0. The maximum atomic E-state index is 13.6. The lowest BCUT2D eigenvalue weighted by Crippen LogP contribution is -2.33. The molecule has 4 aromatic carbocycles. The van der Waals surface area contributed by atoms with Gasteiger partial charge in [-0.15, -0.1) is 0 Å². The average Bonchev–Trinajstić information content (AvgIpc) is 3.59. The molecule has 44 heavy (non-hydrogen) atoms. The van der Waals surface area contributed by atoms with Crippen molar-refractivity contribution in [3.05, 3.63) is 131 Å². The quantitative estimate of drug-likeness (QED) is 0.194. The van der Waals surface area contributed by atoms with Gasteiger partial charge in [-0.2, -0.15) is 0 Å². The van der Waals surface area contributed by atoms with Crippen LogP contribution in [0.15, 0.2) is 103 Å². The highest BCUT2D eigenvalue weighted by atomic mass is 16.7. The largest absolute Gasteiger partial charge is 0.497 e. The number of carboxylic acid groups (broad SMARTS) is 1. The molecule has 0 unspecified atom stereocenters. The molecule has 1 aliphatic heterocycles. The number of nitrogens with one attached hydrogen (secondary N) is 1. The lowest BCUT2D eigenvalue weighted by molar-refractivity contribution is -0.0505. The van der Waals surface area contributed by atoms with Gasteiger partial charge in [0.05, 0.1) is 26.4 Å². The van der Waals surface area contributed by atoms with Gasteiger partial charge in [-0.1, -0.05) is 66.7 Å². The van der Waals surface area contributed by atoms with Crippen molar-refractivity contribution in [3.8, 4) is 11.5 Å². The predicted octanol–water partition coefficient (Wildman–Crippen LogP) is 6.04. The molecule has 9 heteroatoms. The molecule has 0 aromatic heterocycles. The number of methoxy groups -OCH3 is 1. The summed E-state index contributed by atoms with van der Waals surface area (Å²) in [5.41, 5.74) is 4.02. The minimum Gasteiger partial charge on any atom is -0.497 e. The summed E-state index contributed by atoms with van der Waals surface area (Å²) < 4.78 is 22.6. The molecule has 1 fully saturated rings. The number of nitrogens with zero attached hydrogens (tertiary/aromatic N) is 1. The number of carbonyl (C=O) groups is 2. The summed E-state index contributed by atoms with van der Waals surface area (Å²) in [5.74, 6) is 1.25. The Kier molecular flexibility index (Phi) is 10.5. The summed E-state index contributed by atoms with van der Waals surface area (Å²) in [7, 11) is 1.62. The van der Waals surface area contributed by atoms with Gasteiger partial charge < -0.3 is 34.3 Å². The Morgan fingerprint density at radius 1 is 0.864 bits per heavy atom. The molecule has 1 atom stereocenters. The van der Waals surface area contributed by atoms with Crippen molar-refractivity contribution < 1.29 is 33.6 Å². The molecule has 0 spiro atoms. The SMILES string of the molecule is COc1cccc(CN(CCC2OCCO2)C(=O)c2ccc(COc3cccc([C@@H](NC(=O)O)c4ccccc4)c3)cc2)c1. The first-order valence-electron chi connectivity index (χ1n) is 14.5. The zero-order chi connectivity index (χ0) is 30.7. The molecule has 5 rings (SSSR count). The Morgan fingerprint density at radius 3 is 2.30 bits per heavy atom. The fraction of sp³-hybridized carbons (Fsp3) is 0.257. The summed E-state index contributed by atoms with van der Waals surface area (Å²) in [6, 6.07) is 31.3. The van der Waals surface area contributed by atoms with E-state index in [1.807, 2.05) is 91.0 Å². The molecule has 4 aromatic rings. The Bertz CT molecular complexity index is 1520. The van der Waals surface area contributed by atoms with Crippen molar-refractivity contribution in [1.82, 2.24) is 10.2 Å². The molecule has 9 nitrogen and oxygen atoms in total. The van der Waals surface area contributed by atoms with E-state index in [0.717, 1.165) is 28.0 Å². The van der Waals surface area contributed by atoms with Crippen molar-refractivity contribution in [2.45, 2.75) is 31.9 Å².